The molecular formula is C16H21N3O. The molecule has 4 nitrogen and oxygen atoms in total. The van der Waals surface area contributed by atoms with Crippen LogP contribution in [0, 0.1) is 6.92 Å². The van der Waals surface area contributed by atoms with Crippen molar-refractivity contribution < 1.29 is 5.11 Å². The molecule has 2 heterocycles. The second kappa shape index (κ2) is 5.29. The molecule has 106 valence electrons. The summed E-state index contributed by atoms with van der Waals surface area (Å²) in [6.45, 7) is 5.16. The molecule has 0 aliphatic carbocycles. The van der Waals surface area contributed by atoms with Crippen molar-refractivity contribution in [1.82, 2.24) is 14.9 Å². The van der Waals surface area contributed by atoms with Crippen LogP contribution in [-0.2, 0) is 13.0 Å². The molecule has 1 aromatic carbocycles. The maximum Gasteiger partial charge on any atom is 0.115 e. The van der Waals surface area contributed by atoms with E-state index in [1.165, 1.54) is 5.82 Å². The molecule has 0 radical (unpaired) electrons. The first-order chi connectivity index (χ1) is 9.61. The van der Waals surface area contributed by atoms with E-state index in [0.29, 0.717) is 11.8 Å². The Kier molecular flexibility index (Phi) is 3.49. The predicted molar refractivity (Wildman–Crippen MR) is 78.7 cm³/mol. The van der Waals surface area contributed by atoms with Gasteiger partial charge in [0.1, 0.15) is 11.6 Å². The Morgan fingerprint density at radius 2 is 2.30 bits per heavy atom. The van der Waals surface area contributed by atoms with Crippen LogP contribution in [0.1, 0.15) is 36.5 Å². The summed E-state index contributed by atoms with van der Waals surface area (Å²) < 4.78 is 2.26. The number of rotatable bonds is 3. The Bertz CT molecular complexity index is 606. The molecule has 1 aliphatic heterocycles. The Morgan fingerprint density at radius 3 is 3.10 bits per heavy atom. The molecule has 2 N–H and O–H groups in total. The van der Waals surface area contributed by atoms with Gasteiger partial charge >= 0.3 is 0 Å². The number of aromatic hydroxyl groups is 1. The van der Waals surface area contributed by atoms with Gasteiger partial charge in [0.15, 0.2) is 0 Å². The summed E-state index contributed by atoms with van der Waals surface area (Å²) in [5, 5.41) is 13.2. The van der Waals surface area contributed by atoms with Crippen LogP contribution in [0.4, 0.5) is 0 Å². The molecule has 0 saturated carbocycles. The van der Waals surface area contributed by atoms with Gasteiger partial charge in [-0.25, -0.2) is 4.98 Å². The lowest BCUT2D eigenvalue weighted by Crippen LogP contribution is -2.38. The highest BCUT2D eigenvalue weighted by Gasteiger charge is 2.21. The van der Waals surface area contributed by atoms with Crippen molar-refractivity contribution in [2.24, 2.45) is 0 Å². The molecule has 0 amide bonds. The molecular weight excluding hydrogens is 250 g/mol. The Labute approximate surface area is 119 Å². The molecule has 0 spiro atoms. The van der Waals surface area contributed by atoms with E-state index >= 15 is 0 Å². The third-order valence-electron chi connectivity index (χ3n) is 3.97. The van der Waals surface area contributed by atoms with Crippen LogP contribution in [0.2, 0.25) is 0 Å². The summed E-state index contributed by atoms with van der Waals surface area (Å²) in [6.07, 6.45) is 4.26. The number of phenolic OH excluding ortho intramolecular Hbond substituents is 1. The molecule has 0 bridgehead atoms. The quantitative estimate of drug-likeness (QED) is 0.902. The summed E-state index contributed by atoms with van der Waals surface area (Å²) >= 11 is 0. The minimum absolute atomic E-state index is 0.235. The molecule has 4 heteroatoms. The van der Waals surface area contributed by atoms with Crippen LogP contribution < -0.4 is 5.32 Å². The number of nitrogens with one attached hydrogen (secondary N) is 1. The van der Waals surface area contributed by atoms with Crippen LogP contribution in [0.15, 0.2) is 30.5 Å². The van der Waals surface area contributed by atoms with Crippen molar-refractivity contribution in [2.75, 3.05) is 0 Å². The van der Waals surface area contributed by atoms with Crippen molar-refractivity contribution in [2.45, 2.75) is 45.3 Å². The number of nitrogens with zero attached hydrogens (tertiary/aromatic N) is 2. The zero-order chi connectivity index (χ0) is 14.1. The topological polar surface area (TPSA) is 50.1 Å². The largest absolute Gasteiger partial charge is 0.508 e. The van der Waals surface area contributed by atoms with Crippen LogP contribution in [0.25, 0.3) is 0 Å². The number of phenols is 1. The van der Waals surface area contributed by atoms with Crippen molar-refractivity contribution in [3.05, 3.63) is 47.5 Å². The zero-order valence-electron chi connectivity index (χ0n) is 12.0. The van der Waals surface area contributed by atoms with Gasteiger partial charge in [-0.05, 0) is 38.0 Å². The molecule has 1 aromatic heterocycles. The van der Waals surface area contributed by atoms with Gasteiger partial charge in [0, 0.05) is 31.2 Å². The van der Waals surface area contributed by atoms with Crippen molar-refractivity contribution in [1.29, 1.82) is 0 Å². The van der Waals surface area contributed by atoms with Gasteiger partial charge in [-0.3, -0.25) is 0 Å². The van der Waals surface area contributed by atoms with Gasteiger partial charge in [0.25, 0.3) is 0 Å². The fourth-order valence-corrected chi connectivity index (χ4v) is 2.97. The van der Waals surface area contributed by atoms with Crippen molar-refractivity contribution in [3.8, 4) is 5.75 Å². The van der Waals surface area contributed by atoms with E-state index in [-0.39, 0.29) is 6.04 Å². The summed E-state index contributed by atoms with van der Waals surface area (Å²) in [6, 6.07) is 8.16. The van der Waals surface area contributed by atoms with Crippen molar-refractivity contribution in [3.63, 3.8) is 0 Å². The third-order valence-corrected chi connectivity index (χ3v) is 3.97. The predicted octanol–water partition coefficient (Wildman–Crippen LogP) is 2.56. The number of imidazole rings is 1. The lowest BCUT2D eigenvalue weighted by atomic mass is 10.0. The third kappa shape index (κ3) is 2.70. The molecule has 0 saturated heterocycles. The van der Waals surface area contributed by atoms with E-state index in [2.05, 4.69) is 28.0 Å². The summed E-state index contributed by atoms with van der Waals surface area (Å²) in [5.41, 5.74) is 2.22. The highest BCUT2D eigenvalue weighted by atomic mass is 16.3. The van der Waals surface area contributed by atoms with E-state index in [0.717, 1.165) is 30.6 Å². The van der Waals surface area contributed by atoms with Gasteiger partial charge in [0.05, 0.1) is 5.69 Å². The molecule has 1 aliphatic rings. The van der Waals surface area contributed by atoms with Crippen LogP contribution in [0.5, 0.6) is 5.75 Å². The first kappa shape index (κ1) is 13.2. The molecule has 20 heavy (non-hydrogen) atoms. The normalized spacial score (nSPS) is 19.6. The van der Waals surface area contributed by atoms with E-state index in [4.69, 9.17) is 0 Å². The second-order valence-electron chi connectivity index (χ2n) is 5.67. The fourth-order valence-electron chi connectivity index (χ4n) is 2.97. The standard InChI is InChI=1S/C16H21N3O/c1-11-9-19-10-14(6-7-16(19)17-11)18-12(2)13-4-3-5-15(20)8-13/h3-5,8-9,12,14,18,20H,6-7,10H2,1-2H3/t12-,14+/m0/s1. The van der Waals surface area contributed by atoms with Gasteiger partial charge in [-0.15, -0.1) is 0 Å². The first-order valence-electron chi connectivity index (χ1n) is 7.19. The minimum Gasteiger partial charge on any atom is -0.508 e. The maximum absolute atomic E-state index is 9.56. The number of benzene rings is 1. The molecule has 3 rings (SSSR count). The lowest BCUT2D eigenvalue weighted by Gasteiger charge is -2.28. The van der Waals surface area contributed by atoms with Gasteiger partial charge < -0.3 is 15.0 Å². The van der Waals surface area contributed by atoms with Crippen molar-refractivity contribution >= 4 is 0 Å². The first-order valence-corrected chi connectivity index (χ1v) is 7.19. The Balaban J connectivity index is 1.67. The smallest absolute Gasteiger partial charge is 0.115 e. The Morgan fingerprint density at radius 1 is 1.45 bits per heavy atom. The number of hydrogen-bond donors (Lipinski definition) is 2. The summed E-state index contributed by atoms with van der Waals surface area (Å²) in [5.74, 6) is 1.53. The highest BCUT2D eigenvalue weighted by Crippen LogP contribution is 2.21. The monoisotopic (exact) mass is 271 g/mol. The number of aryl methyl sites for hydroxylation is 2. The minimum atomic E-state index is 0.235. The molecule has 0 fully saturated rings. The van der Waals surface area contributed by atoms with Crippen LogP contribution in [-0.4, -0.2) is 20.7 Å². The van der Waals surface area contributed by atoms with E-state index in [1.807, 2.05) is 25.1 Å². The number of aromatic nitrogens is 2. The SMILES string of the molecule is Cc1cn2c(n1)CC[C@@H](N[C@@H](C)c1cccc(O)c1)C2. The van der Waals surface area contributed by atoms with Crippen LogP contribution >= 0.6 is 0 Å². The maximum atomic E-state index is 9.56. The number of hydrogen-bond acceptors (Lipinski definition) is 3. The van der Waals surface area contributed by atoms with Gasteiger partial charge in [-0.2, -0.15) is 0 Å². The second-order valence-corrected chi connectivity index (χ2v) is 5.67. The summed E-state index contributed by atoms with van der Waals surface area (Å²) in [4.78, 5) is 4.54. The number of fused-ring (bicyclic) bond motifs is 1. The highest BCUT2D eigenvalue weighted by molar-refractivity contribution is 5.29. The van der Waals surface area contributed by atoms with E-state index in [1.54, 1.807) is 6.07 Å². The fraction of sp³-hybridized carbons (Fsp3) is 0.438. The Hall–Kier alpha value is -1.81. The average Bonchev–Trinajstić information content (AvgIpc) is 2.78. The molecule has 2 atom stereocenters. The van der Waals surface area contributed by atoms with Crippen LogP contribution in [0.3, 0.4) is 0 Å². The molecule has 2 aromatic rings. The van der Waals surface area contributed by atoms with E-state index < -0.39 is 0 Å². The zero-order valence-corrected chi connectivity index (χ0v) is 12.0. The molecule has 0 unspecified atom stereocenters. The average molecular weight is 271 g/mol. The van der Waals surface area contributed by atoms with Gasteiger partial charge in [0.2, 0.25) is 0 Å². The lowest BCUT2D eigenvalue weighted by molar-refractivity contribution is 0.351. The summed E-state index contributed by atoms with van der Waals surface area (Å²) in [7, 11) is 0. The van der Waals surface area contributed by atoms with Gasteiger partial charge in [-0.1, -0.05) is 12.1 Å². The van der Waals surface area contributed by atoms with E-state index in [9.17, 15) is 5.11 Å².